The SMILES string of the molecule is CC1(C)O[C@H](C[C@@H](O)C[C@H](O)C[C@H](CCO)OCOCc2ccccc2)C[C@@H](C[C@@H](CCO)OCOCc2ccccc2)O1. The van der Waals surface area contributed by atoms with Crippen molar-refractivity contribution in [3.63, 3.8) is 0 Å². The van der Waals surface area contributed by atoms with E-state index in [4.69, 9.17) is 28.4 Å². The van der Waals surface area contributed by atoms with Crippen molar-refractivity contribution >= 4 is 0 Å². The molecule has 0 spiro atoms. The third-order valence-corrected chi connectivity index (χ3v) is 7.47. The second-order valence-electron chi connectivity index (χ2n) is 11.9. The molecule has 1 aliphatic heterocycles. The van der Waals surface area contributed by atoms with Gasteiger partial charge < -0.3 is 48.8 Å². The van der Waals surface area contributed by atoms with Crippen LogP contribution in [0.25, 0.3) is 0 Å². The van der Waals surface area contributed by atoms with E-state index in [1.165, 1.54) is 0 Å². The minimum atomic E-state index is -0.862. The Labute approximate surface area is 261 Å². The summed E-state index contributed by atoms with van der Waals surface area (Å²) >= 11 is 0. The van der Waals surface area contributed by atoms with Crippen LogP contribution in [0.3, 0.4) is 0 Å². The van der Waals surface area contributed by atoms with Crippen LogP contribution in [0.5, 0.6) is 0 Å². The first-order chi connectivity index (χ1) is 21.3. The molecule has 1 heterocycles. The number of aliphatic hydroxyl groups is 4. The first-order valence-electron chi connectivity index (χ1n) is 15.7. The van der Waals surface area contributed by atoms with E-state index >= 15 is 0 Å². The highest BCUT2D eigenvalue weighted by atomic mass is 16.7. The molecular weight excluding hydrogens is 568 g/mol. The van der Waals surface area contributed by atoms with Crippen LogP contribution < -0.4 is 0 Å². The number of hydrogen-bond acceptors (Lipinski definition) is 10. The molecule has 0 bridgehead atoms. The average Bonchev–Trinajstić information content (AvgIpc) is 2.97. The van der Waals surface area contributed by atoms with E-state index in [1.54, 1.807) is 0 Å². The van der Waals surface area contributed by atoms with Crippen LogP contribution in [0, 0.1) is 0 Å². The predicted octanol–water partition coefficient (Wildman–Crippen LogP) is 4.06. The Kier molecular flexibility index (Phi) is 16.8. The van der Waals surface area contributed by atoms with Gasteiger partial charge in [0.25, 0.3) is 0 Å². The van der Waals surface area contributed by atoms with E-state index in [2.05, 4.69) is 0 Å². The van der Waals surface area contributed by atoms with Crippen molar-refractivity contribution in [2.75, 3.05) is 26.8 Å². The average molecular weight is 621 g/mol. The lowest BCUT2D eigenvalue weighted by Crippen LogP contribution is -2.47. The van der Waals surface area contributed by atoms with Gasteiger partial charge in [-0.15, -0.1) is 0 Å². The van der Waals surface area contributed by atoms with Gasteiger partial charge in [-0.25, -0.2) is 0 Å². The molecule has 2 aromatic rings. The highest BCUT2D eigenvalue weighted by Crippen LogP contribution is 2.32. The zero-order valence-corrected chi connectivity index (χ0v) is 26.2. The molecule has 0 unspecified atom stereocenters. The molecular formula is C34H52O10. The summed E-state index contributed by atoms with van der Waals surface area (Å²) in [6.45, 7) is 4.58. The lowest BCUT2D eigenvalue weighted by molar-refractivity contribution is -0.307. The molecule has 3 rings (SSSR count). The first-order valence-corrected chi connectivity index (χ1v) is 15.7. The fraction of sp³-hybridized carbons (Fsp3) is 0.647. The Morgan fingerprint density at radius 2 is 1.20 bits per heavy atom. The molecule has 44 heavy (non-hydrogen) atoms. The summed E-state index contributed by atoms with van der Waals surface area (Å²) in [7, 11) is 0. The molecule has 0 aromatic heterocycles. The number of ether oxygens (including phenoxy) is 6. The maximum atomic E-state index is 10.8. The second-order valence-corrected chi connectivity index (χ2v) is 11.9. The summed E-state index contributed by atoms with van der Waals surface area (Å²) in [4.78, 5) is 0. The molecule has 2 aromatic carbocycles. The van der Waals surface area contributed by atoms with Gasteiger partial charge in [-0.2, -0.15) is 0 Å². The molecule has 10 nitrogen and oxygen atoms in total. The maximum absolute atomic E-state index is 10.8. The molecule has 0 amide bonds. The molecule has 1 aliphatic rings. The van der Waals surface area contributed by atoms with Crippen LogP contribution in [0.4, 0.5) is 0 Å². The van der Waals surface area contributed by atoms with E-state index in [0.717, 1.165) is 11.1 Å². The zero-order valence-electron chi connectivity index (χ0n) is 26.2. The fourth-order valence-electron chi connectivity index (χ4n) is 5.50. The molecule has 6 atom stereocenters. The second kappa shape index (κ2) is 20.2. The van der Waals surface area contributed by atoms with Crippen molar-refractivity contribution in [2.24, 2.45) is 0 Å². The van der Waals surface area contributed by atoms with Gasteiger partial charge in [0.2, 0.25) is 0 Å². The molecule has 4 N–H and O–H groups in total. The summed E-state index contributed by atoms with van der Waals surface area (Å²) in [6.07, 6.45) is -0.137. The molecule has 1 fully saturated rings. The van der Waals surface area contributed by atoms with E-state index in [9.17, 15) is 20.4 Å². The quantitative estimate of drug-likeness (QED) is 0.113. The van der Waals surface area contributed by atoms with Gasteiger partial charge in [0, 0.05) is 26.1 Å². The predicted molar refractivity (Wildman–Crippen MR) is 164 cm³/mol. The van der Waals surface area contributed by atoms with Crippen LogP contribution in [0.2, 0.25) is 0 Å². The van der Waals surface area contributed by atoms with Crippen molar-refractivity contribution in [1.29, 1.82) is 0 Å². The first kappa shape index (κ1) is 36.5. The molecule has 0 radical (unpaired) electrons. The minimum Gasteiger partial charge on any atom is -0.396 e. The van der Waals surface area contributed by atoms with Gasteiger partial charge in [0.15, 0.2) is 5.79 Å². The molecule has 1 saturated heterocycles. The van der Waals surface area contributed by atoms with E-state index < -0.39 is 24.1 Å². The van der Waals surface area contributed by atoms with Gasteiger partial charge >= 0.3 is 0 Å². The molecule has 10 heteroatoms. The largest absolute Gasteiger partial charge is 0.396 e. The smallest absolute Gasteiger partial charge is 0.163 e. The van der Waals surface area contributed by atoms with Crippen LogP contribution >= 0.6 is 0 Å². The van der Waals surface area contributed by atoms with Gasteiger partial charge in [0.1, 0.15) is 13.6 Å². The highest BCUT2D eigenvalue weighted by molar-refractivity contribution is 5.14. The van der Waals surface area contributed by atoms with E-state index in [1.807, 2.05) is 74.5 Å². The maximum Gasteiger partial charge on any atom is 0.163 e. The number of aliphatic hydroxyl groups excluding tert-OH is 4. The van der Waals surface area contributed by atoms with Gasteiger partial charge in [-0.1, -0.05) is 60.7 Å². The Balaban J connectivity index is 1.40. The van der Waals surface area contributed by atoms with Crippen molar-refractivity contribution in [2.45, 2.75) is 114 Å². The third kappa shape index (κ3) is 14.9. The molecule has 0 saturated carbocycles. The Bertz CT molecular complexity index is 992. The van der Waals surface area contributed by atoms with E-state index in [-0.39, 0.29) is 58.0 Å². The number of hydrogen-bond donors (Lipinski definition) is 4. The zero-order chi connectivity index (χ0) is 31.6. The van der Waals surface area contributed by atoms with E-state index in [0.29, 0.717) is 45.3 Å². The monoisotopic (exact) mass is 620 g/mol. The molecule has 248 valence electrons. The topological polar surface area (TPSA) is 136 Å². The lowest BCUT2D eigenvalue weighted by atomic mass is 9.95. The van der Waals surface area contributed by atoms with Gasteiger partial charge in [-0.05, 0) is 57.1 Å². The van der Waals surface area contributed by atoms with Crippen molar-refractivity contribution in [1.82, 2.24) is 0 Å². The van der Waals surface area contributed by atoms with Crippen LogP contribution in [-0.4, -0.2) is 89.6 Å². The standard InChI is InChI=1S/C34H52O10/c1-34(2)43-32(21-33(44-34)20-31(14-16-36)42-25-40-23-27-11-7-4-8-12-27)19-29(38)17-28(37)18-30(13-15-35)41-24-39-22-26-9-5-3-6-10-26/h3-12,28-33,35-38H,13-25H2,1-2H3/t28-,29-,30-,31+,32+,33+/m0/s1. The summed E-state index contributed by atoms with van der Waals surface area (Å²) in [6, 6.07) is 19.6. The Hall–Kier alpha value is -1.96. The summed E-state index contributed by atoms with van der Waals surface area (Å²) < 4.78 is 35.2. The minimum absolute atomic E-state index is 0.0177. The third-order valence-electron chi connectivity index (χ3n) is 7.47. The van der Waals surface area contributed by atoms with Crippen LogP contribution in [0.15, 0.2) is 60.7 Å². The van der Waals surface area contributed by atoms with Crippen molar-refractivity contribution in [3.05, 3.63) is 71.8 Å². The summed E-state index contributed by atoms with van der Waals surface area (Å²) in [5.74, 6) is -0.862. The van der Waals surface area contributed by atoms with Crippen LogP contribution in [-0.2, 0) is 41.6 Å². The number of benzene rings is 2. The Morgan fingerprint density at radius 3 is 1.75 bits per heavy atom. The molecule has 0 aliphatic carbocycles. The Morgan fingerprint density at radius 1 is 0.705 bits per heavy atom. The van der Waals surface area contributed by atoms with Gasteiger partial charge in [-0.3, -0.25) is 0 Å². The normalized spacial score (nSPS) is 21.0. The highest BCUT2D eigenvalue weighted by Gasteiger charge is 2.37. The van der Waals surface area contributed by atoms with Gasteiger partial charge in [0.05, 0.1) is 49.8 Å². The van der Waals surface area contributed by atoms with Crippen molar-refractivity contribution in [3.8, 4) is 0 Å². The summed E-state index contributed by atoms with van der Waals surface area (Å²) in [5, 5.41) is 40.6. The van der Waals surface area contributed by atoms with Crippen molar-refractivity contribution < 1.29 is 48.8 Å². The summed E-state index contributed by atoms with van der Waals surface area (Å²) in [5.41, 5.74) is 2.09. The number of rotatable bonds is 22. The fourth-order valence-corrected chi connectivity index (χ4v) is 5.50. The van der Waals surface area contributed by atoms with Crippen LogP contribution in [0.1, 0.15) is 69.9 Å². The lowest BCUT2D eigenvalue weighted by Gasteiger charge is -2.42.